The molecule has 14 heavy (non-hydrogen) atoms. The summed E-state index contributed by atoms with van der Waals surface area (Å²) < 4.78 is 0. The van der Waals surface area contributed by atoms with Gasteiger partial charge in [-0.1, -0.05) is 48.0 Å². The van der Waals surface area contributed by atoms with Gasteiger partial charge in [0.25, 0.3) is 0 Å². The van der Waals surface area contributed by atoms with E-state index >= 15 is 0 Å². The van der Waals surface area contributed by atoms with E-state index in [0.717, 1.165) is 6.67 Å². The van der Waals surface area contributed by atoms with Crippen molar-refractivity contribution in [1.29, 1.82) is 0 Å². The zero-order valence-electron chi connectivity index (χ0n) is 12.0. The maximum atomic E-state index is 4.50. The fourth-order valence-corrected chi connectivity index (χ4v) is 0.177. The standard InChI is InChI=1S/C3H10N2.C3H8.2C2H6.CH5N/c1-4-3-5-2;1-3-2;3*1-2/h4-5H,3H2,1-2H3;3H2,1-2H3;2*1-2H3;2H2,1H3. The Bertz CT molecular complexity index is 24.5. The van der Waals surface area contributed by atoms with Gasteiger partial charge in [-0.2, -0.15) is 0 Å². The van der Waals surface area contributed by atoms with Crippen LogP contribution < -0.4 is 16.4 Å². The van der Waals surface area contributed by atoms with Gasteiger partial charge in [0, 0.05) is 6.67 Å². The zero-order chi connectivity index (χ0) is 12.8. The molecule has 0 radical (unpaired) electrons. The van der Waals surface area contributed by atoms with Crippen LogP contribution in [0.15, 0.2) is 0 Å². The van der Waals surface area contributed by atoms with E-state index in [4.69, 9.17) is 0 Å². The van der Waals surface area contributed by atoms with E-state index in [1.54, 1.807) is 0 Å². The number of hydrogen-bond acceptors (Lipinski definition) is 3. The van der Waals surface area contributed by atoms with Crippen LogP contribution in [0, 0.1) is 0 Å². The molecule has 0 aliphatic heterocycles. The lowest BCUT2D eigenvalue weighted by Gasteiger charge is -1.88. The van der Waals surface area contributed by atoms with E-state index in [-0.39, 0.29) is 0 Å². The van der Waals surface area contributed by atoms with Gasteiger partial charge in [0.05, 0.1) is 0 Å². The van der Waals surface area contributed by atoms with Crippen LogP contribution in [-0.4, -0.2) is 27.8 Å². The number of nitrogens with two attached hydrogens (primary N) is 1. The summed E-state index contributed by atoms with van der Waals surface area (Å²) in [6.07, 6.45) is 1.25. The maximum Gasteiger partial charge on any atom is 0.0449 e. The lowest BCUT2D eigenvalue weighted by molar-refractivity contribution is 0.708. The van der Waals surface area contributed by atoms with Crippen molar-refractivity contribution in [3.05, 3.63) is 0 Å². The van der Waals surface area contributed by atoms with Crippen LogP contribution in [-0.2, 0) is 0 Å². The van der Waals surface area contributed by atoms with Gasteiger partial charge in [-0.3, -0.25) is 0 Å². The molecule has 0 fully saturated rings. The van der Waals surface area contributed by atoms with Crippen LogP contribution in [0.1, 0.15) is 48.0 Å². The van der Waals surface area contributed by atoms with Crippen LogP contribution in [0.25, 0.3) is 0 Å². The van der Waals surface area contributed by atoms with Gasteiger partial charge >= 0.3 is 0 Å². The van der Waals surface area contributed by atoms with E-state index in [2.05, 4.69) is 30.2 Å². The Kier molecular flexibility index (Phi) is 252. The van der Waals surface area contributed by atoms with Gasteiger partial charge in [-0.25, -0.2) is 0 Å². The first-order chi connectivity index (χ1) is 6.83. The summed E-state index contributed by atoms with van der Waals surface area (Å²) >= 11 is 0. The molecule has 0 atom stereocenters. The van der Waals surface area contributed by atoms with Gasteiger partial charge in [0.15, 0.2) is 0 Å². The summed E-state index contributed by atoms with van der Waals surface area (Å²) in [4.78, 5) is 0. The van der Waals surface area contributed by atoms with E-state index in [1.807, 2.05) is 41.8 Å². The van der Waals surface area contributed by atoms with Crippen molar-refractivity contribution in [2.45, 2.75) is 48.0 Å². The van der Waals surface area contributed by atoms with Crippen molar-refractivity contribution in [2.24, 2.45) is 5.73 Å². The van der Waals surface area contributed by atoms with Crippen LogP contribution in [0.4, 0.5) is 0 Å². The van der Waals surface area contributed by atoms with Crippen molar-refractivity contribution in [3.63, 3.8) is 0 Å². The monoisotopic (exact) mass is 209 g/mol. The fourth-order valence-electron chi connectivity index (χ4n) is 0.177. The first-order valence-electron chi connectivity index (χ1n) is 5.70. The number of nitrogens with one attached hydrogen (secondary N) is 2. The van der Waals surface area contributed by atoms with Crippen molar-refractivity contribution in [1.82, 2.24) is 10.6 Å². The largest absolute Gasteiger partial charge is 0.333 e. The highest BCUT2D eigenvalue weighted by Crippen LogP contribution is 1.56. The third-order valence-electron chi connectivity index (χ3n) is 0.354. The Hall–Kier alpha value is -0.120. The van der Waals surface area contributed by atoms with Crippen LogP contribution in [0.3, 0.4) is 0 Å². The first kappa shape index (κ1) is 29.2. The molecule has 0 aromatic heterocycles. The van der Waals surface area contributed by atoms with Gasteiger partial charge in [-0.05, 0) is 21.1 Å². The van der Waals surface area contributed by atoms with Crippen molar-refractivity contribution in [3.8, 4) is 0 Å². The third kappa shape index (κ3) is 398. The molecule has 0 saturated carbocycles. The molecule has 0 aromatic carbocycles. The highest BCUT2D eigenvalue weighted by atomic mass is 15.0. The lowest BCUT2D eigenvalue weighted by atomic mass is 10.6. The van der Waals surface area contributed by atoms with Crippen molar-refractivity contribution < 1.29 is 0 Å². The predicted molar refractivity (Wildman–Crippen MR) is 71.8 cm³/mol. The van der Waals surface area contributed by atoms with Gasteiger partial charge in [0.2, 0.25) is 0 Å². The molecule has 0 saturated heterocycles. The fraction of sp³-hybridized carbons (Fsp3) is 1.00. The summed E-state index contributed by atoms with van der Waals surface area (Å²) in [6, 6.07) is 0. The molecule has 4 N–H and O–H groups in total. The van der Waals surface area contributed by atoms with Crippen molar-refractivity contribution in [2.75, 3.05) is 27.8 Å². The summed E-state index contributed by atoms with van der Waals surface area (Å²) in [5.41, 5.74) is 4.50. The molecule has 94 valence electrons. The molecular formula is C11H35N3. The molecule has 0 bridgehead atoms. The van der Waals surface area contributed by atoms with Crippen LogP contribution >= 0.6 is 0 Å². The van der Waals surface area contributed by atoms with E-state index in [9.17, 15) is 0 Å². The van der Waals surface area contributed by atoms with Crippen LogP contribution in [0.5, 0.6) is 0 Å². The molecule has 3 nitrogen and oxygen atoms in total. The molecule has 0 aliphatic carbocycles. The molecular weight excluding hydrogens is 174 g/mol. The highest BCUT2D eigenvalue weighted by molar-refractivity contribution is 4.22. The molecule has 0 amide bonds. The van der Waals surface area contributed by atoms with E-state index < -0.39 is 0 Å². The van der Waals surface area contributed by atoms with Gasteiger partial charge < -0.3 is 16.4 Å². The Morgan fingerprint density at radius 2 is 0.929 bits per heavy atom. The Morgan fingerprint density at radius 3 is 0.929 bits per heavy atom. The average Bonchev–Trinajstić information content (AvgIpc) is 2.29. The highest BCUT2D eigenvalue weighted by Gasteiger charge is 1.60. The smallest absolute Gasteiger partial charge is 0.0449 e. The summed E-state index contributed by atoms with van der Waals surface area (Å²) in [6.45, 7) is 13.1. The second-order valence-corrected chi connectivity index (χ2v) is 1.59. The predicted octanol–water partition coefficient (Wildman–Crippen LogP) is 2.43. The summed E-state index contributed by atoms with van der Waals surface area (Å²) in [5, 5.41) is 5.81. The molecule has 0 aromatic rings. The minimum atomic E-state index is 0.889. The molecule has 0 aliphatic rings. The second-order valence-electron chi connectivity index (χ2n) is 1.59. The third-order valence-corrected chi connectivity index (χ3v) is 0.354. The Balaban J connectivity index is -0.0000000263. The molecule has 0 unspecified atom stereocenters. The maximum absolute atomic E-state index is 4.50. The zero-order valence-corrected chi connectivity index (χ0v) is 12.0. The first-order valence-corrected chi connectivity index (χ1v) is 5.70. The number of rotatable bonds is 2. The summed E-state index contributed by atoms with van der Waals surface area (Å²) in [7, 11) is 5.30. The van der Waals surface area contributed by atoms with E-state index in [1.165, 1.54) is 13.5 Å². The lowest BCUT2D eigenvalue weighted by Crippen LogP contribution is -2.21. The number of hydrogen-bond donors (Lipinski definition) is 3. The quantitative estimate of drug-likeness (QED) is 0.612. The Labute approximate surface area is 92.9 Å². The summed E-state index contributed by atoms with van der Waals surface area (Å²) in [5.74, 6) is 0. The minimum Gasteiger partial charge on any atom is -0.333 e. The SMILES string of the molecule is CC.CC.CCC.CN.CNCNC. The topological polar surface area (TPSA) is 50.1 Å². The minimum absolute atomic E-state index is 0.889. The van der Waals surface area contributed by atoms with E-state index in [0.29, 0.717) is 0 Å². The normalized spacial score (nSPS) is 5.57. The van der Waals surface area contributed by atoms with Crippen molar-refractivity contribution >= 4 is 0 Å². The van der Waals surface area contributed by atoms with Crippen LogP contribution in [0.2, 0.25) is 0 Å². The van der Waals surface area contributed by atoms with Gasteiger partial charge in [0.1, 0.15) is 0 Å². The molecule has 0 spiro atoms. The molecule has 3 heteroatoms. The molecule has 0 heterocycles. The van der Waals surface area contributed by atoms with Gasteiger partial charge in [-0.15, -0.1) is 0 Å². The Morgan fingerprint density at radius 1 is 0.786 bits per heavy atom. The second kappa shape index (κ2) is 121. The average molecular weight is 209 g/mol. The molecule has 0 rings (SSSR count).